The van der Waals surface area contributed by atoms with E-state index in [-0.39, 0.29) is 29.9 Å². The first-order chi connectivity index (χ1) is 11.8. The van der Waals surface area contributed by atoms with Crippen molar-refractivity contribution in [1.82, 2.24) is 16.0 Å². The van der Waals surface area contributed by atoms with Crippen LogP contribution in [-0.2, 0) is 9.53 Å². The van der Waals surface area contributed by atoms with Gasteiger partial charge in [0.2, 0.25) is 5.91 Å². The number of nitrogens with zero attached hydrogens (tertiary/aromatic N) is 1. The SMILES string of the molecule is CCNC(=NCCCCOCC)NCCC(=O)NC1CCCCC1.I. The molecule has 0 aliphatic heterocycles. The fourth-order valence-electron chi connectivity index (χ4n) is 2.83. The summed E-state index contributed by atoms with van der Waals surface area (Å²) in [5, 5.41) is 9.60. The van der Waals surface area contributed by atoms with Gasteiger partial charge in [0, 0.05) is 45.3 Å². The normalized spacial score (nSPS) is 15.4. The molecule has 6 nitrogen and oxygen atoms in total. The van der Waals surface area contributed by atoms with Crippen LogP contribution >= 0.6 is 24.0 Å². The van der Waals surface area contributed by atoms with Crippen molar-refractivity contribution in [3.05, 3.63) is 0 Å². The van der Waals surface area contributed by atoms with E-state index in [9.17, 15) is 4.79 Å². The highest BCUT2D eigenvalue weighted by Crippen LogP contribution is 2.17. The minimum absolute atomic E-state index is 0. The highest BCUT2D eigenvalue weighted by atomic mass is 127. The number of ether oxygens (including phenoxy) is 1. The molecule has 3 N–H and O–H groups in total. The van der Waals surface area contributed by atoms with Gasteiger partial charge in [0.25, 0.3) is 0 Å². The molecule has 0 bridgehead atoms. The molecule has 1 aliphatic rings. The first-order valence-corrected chi connectivity index (χ1v) is 9.65. The molecule has 0 aromatic carbocycles. The fraction of sp³-hybridized carbons (Fsp3) is 0.889. The molecule has 0 radical (unpaired) electrons. The summed E-state index contributed by atoms with van der Waals surface area (Å²) in [7, 11) is 0. The number of carbonyl (C=O) groups is 1. The van der Waals surface area contributed by atoms with Gasteiger partial charge in [-0.05, 0) is 39.5 Å². The van der Waals surface area contributed by atoms with E-state index in [4.69, 9.17) is 4.74 Å². The highest BCUT2D eigenvalue weighted by Gasteiger charge is 2.15. The Balaban J connectivity index is 0.00000576. The van der Waals surface area contributed by atoms with Gasteiger partial charge in [0.05, 0.1) is 0 Å². The van der Waals surface area contributed by atoms with Gasteiger partial charge in [-0.2, -0.15) is 0 Å². The first kappa shape index (κ1) is 24.4. The van der Waals surface area contributed by atoms with Crippen molar-refractivity contribution in [3.63, 3.8) is 0 Å². The Labute approximate surface area is 170 Å². The molecule has 148 valence electrons. The van der Waals surface area contributed by atoms with E-state index in [0.717, 1.165) is 57.9 Å². The monoisotopic (exact) mass is 468 g/mol. The Morgan fingerprint density at radius 3 is 2.56 bits per heavy atom. The molecule has 1 fully saturated rings. The van der Waals surface area contributed by atoms with Crippen LogP contribution in [0.1, 0.15) is 65.2 Å². The third-order valence-corrected chi connectivity index (χ3v) is 4.13. The molecule has 0 saturated heterocycles. The van der Waals surface area contributed by atoms with Crippen molar-refractivity contribution in [2.24, 2.45) is 4.99 Å². The van der Waals surface area contributed by atoms with Crippen LogP contribution in [0.25, 0.3) is 0 Å². The molecule has 0 unspecified atom stereocenters. The molecule has 0 heterocycles. The van der Waals surface area contributed by atoms with Gasteiger partial charge < -0.3 is 20.7 Å². The summed E-state index contributed by atoms with van der Waals surface area (Å²) < 4.78 is 5.32. The van der Waals surface area contributed by atoms with Gasteiger partial charge in [-0.15, -0.1) is 24.0 Å². The lowest BCUT2D eigenvalue weighted by atomic mass is 9.95. The highest BCUT2D eigenvalue weighted by molar-refractivity contribution is 14.0. The number of hydrogen-bond acceptors (Lipinski definition) is 3. The number of amides is 1. The second-order valence-electron chi connectivity index (χ2n) is 6.24. The quantitative estimate of drug-likeness (QED) is 0.189. The Morgan fingerprint density at radius 2 is 1.88 bits per heavy atom. The van der Waals surface area contributed by atoms with E-state index < -0.39 is 0 Å². The minimum Gasteiger partial charge on any atom is -0.382 e. The van der Waals surface area contributed by atoms with Crippen LogP contribution in [0.2, 0.25) is 0 Å². The number of unbranched alkanes of at least 4 members (excludes halogenated alkanes) is 1. The molecule has 0 atom stereocenters. The third-order valence-electron chi connectivity index (χ3n) is 4.13. The third kappa shape index (κ3) is 13.3. The Kier molecular flexibility index (Phi) is 16.5. The van der Waals surface area contributed by atoms with Crippen molar-refractivity contribution in [2.75, 3.05) is 32.8 Å². The van der Waals surface area contributed by atoms with Crippen LogP contribution in [0.5, 0.6) is 0 Å². The zero-order chi connectivity index (χ0) is 17.5. The number of rotatable bonds is 11. The number of halogens is 1. The molecule has 25 heavy (non-hydrogen) atoms. The van der Waals surface area contributed by atoms with E-state index in [0.29, 0.717) is 19.0 Å². The molecule has 1 rings (SSSR count). The topological polar surface area (TPSA) is 74.8 Å². The van der Waals surface area contributed by atoms with Crippen molar-refractivity contribution in [1.29, 1.82) is 0 Å². The van der Waals surface area contributed by atoms with E-state index in [1.807, 2.05) is 13.8 Å². The second kappa shape index (κ2) is 16.9. The predicted octanol–water partition coefficient (Wildman–Crippen LogP) is 2.82. The summed E-state index contributed by atoms with van der Waals surface area (Å²) in [6.07, 6.45) is 8.58. The zero-order valence-electron chi connectivity index (χ0n) is 15.9. The lowest BCUT2D eigenvalue weighted by Crippen LogP contribution is -2.41. The van der Waals surface area contributed by atoms with E-state index in [1.54, 1.807) is 0 Å². The van der Waals surface area contributed by atoms with Gasteiger partial charge in [-0.25, -0.2) is 0 Å². The van der Waals surface area contributed by atoms with Gasteiger partial charge in [-0.3, -0.25) is 9.79 Å². The zero-order valence-corrected chi connectivity index (χ0v) is 18.3. The number of guanidine groups is 1. The van der Waals surface area contributed by atoms with Crippen molar-refractivity contribution >= 4 is 35.8 Å². The van der Waals surface area contributed by atoms with Crippen LogP contribution in [0.3, 0.4) is 0 Å². The van der Waals surface area contributed by atoms with E-state index in [2.05, 4.69) is 20.9 Å². The van der Waals surface area contributed by atoms with E-state index >= 15 is 0 Å². The molecule has 0 aromatic heterocycles. The number of hydrogen-bond donors (Lipinski definition) is 3. The largest absolute Gasteiger partial charge is 0.382 e. The number of carbonyl (C=O) groups excluding carboxylic acids is 1. The minimum atomic E-state index is 0. The average Bonchev–Trinajstić information content (AvgIpc) is 2.58. The summed E-state index contributed by atoms with van der Waals surface area (Å²) in [6, 6.07) is 0.387. The molecule has 0 aromatic rings. The van der Waals surface area contributed by atoms with Gasteiger partial charge in [0.15, 0.2) is 5.96 Å². The van der Waals surface area contributed by atoms with Crippen LogP contribution in [0.15, 0.2) is 4.99 Å². The molecule has 1 aliphatic carbocycles. The summed E-state index contributed by atoms with van der Waals surface area (Å²) in [5.74, 6) is 0.932. The molecular formula is C18H37IN4O2. The molecule has 1 saturated carbocycles. The maximum absolute atomic E-state index is 12.0. The average molecular weight is 468 g/mol. The van der Waals surface area contributed by atoms with E-state index in [1.165, 1.54) is 19.3 Å². The van der Waals surface area contributed by atoms with Crippen LogP contribution < -0.4 is 16.0 Å². The summed E-state index contributed by atoms with van der Waals surface area (Å²) in [4.78, 5) is 16.5. The molecule has 1 amide bonds. The van der Waals surface area contributed by atoms with Crippen LogP contribution in [0, 0.1) is 0 Å². The Morgan fingerprint density at radius 1 is 1.12 bits per heavy atom. The van der Waals surface area contributed by atoms with Gasteiger partial charge in [-0.1, -0.05) is 19.3 Å². The number of aliphatic imine (C=N–C) groups is 1. The first-order valence-electron chi connectivity index (χ1n) is 9.65. The molecule has 7 heteroatoms. The van der Waals surface area contributed by atoms with Crippen molar-refractivity contribution < 1.29 is 9.53 Å². The van der Waals surface area contributed by atoms with Crippen LogP contribution in [-0.4, -0.2) is 50.8 Å². The maximum Gasteiger partial charge on any atom is 0.221 e. The lowest BCUT2D eigenvalue weighted by Gasteiger charge is -2.22. The summed E-state index contributed by atoms with van der Waals surface area (Å²) in [6.45, 7) is 7.84. The Bertz CT molecular complexity index is 361. The number of nitrogens with one attached hydrogen (secondary N) is 3. The molecular weight excluding hydrogens is 431 g/mol. The lowest BCUT2D eigenvalue weighted by molar-refractivity contribution is -0.121. The Hall–Kier alpha value is -0.570. The summed E-state index contributed by atoms with van der Waals surface area (Å²) >= 11 is 0. The van der Waals surface area contributed by atoms with Crippen molar-refractivity contribution in [3.8, 4) is 0 Å². The fourth-order valence-corrected chi connectivity index (χ4v) is 2.83. The smallest absolute Gasteiger partial charge is 0.221 e. The van der Waals surface area contributed by atoms with Crippen LogP contribution in [0.4, 0.5) is 0 Å². The standard InChI is InChI=1S/C18H36N4O2.HI/c1-3-19-18(20-13-8-9-15-24-4-2)21-14-12-17(23)22-16-10-6-5-7-11-16;/h16H,3-15H2,1-2H3,(H,22,23)(H2,19,20,21);1H. The van der Waals surface area contributed by atoms with Gasteiger partial charge >= 0.3 is 0 Å². The second-order valence-corrected chi connectivity index (χ2v) is 6.24. The predicted molar refractivity (Wildman–Crippen MR) is 115 cm³/mol. The maximum atomic E-state index is 12.0. The summed E-state index contributed by atoms with van der Waals surface area (Å²) in [5.41, 5.74) is 0. The van der Waals surface area contributed by atoms with Crippen molar-refractivity contribution in [2.45, 2.75) is 71.3 Å². The molecule has 0 spiro atoms. The van der Waals surface area contributed by atoms with Gasteiger partial charge in [0.1, 0.15) is 0 Å².